The molecule has 0 bridgehead atoms. The van der Waals surface area contributed by atoms with Crippen LogP contribution < -0.4 is 5.46 Å². The lowest BCUT2D eigenvalue weighted by Gasteiger charge is -2.18. The molecule has 0 unspecified atom stereocenters. The van der Waals surface area contributed by atoms with Gasteiger partial charge in [0.2, 0.25) is 0 Å². The predicted octanol–water partition coefficient (Wildman–Crippen LogP) is 2.44. The quantitative estimate of drug-likeness (QED) is 0.563. The zero-order chi connectivity index (χ0) is 12.0. The van der Waals surface area contributed by atoms with Gasteiger partial charge in [0, 0.05) is 0 Å². The van der Waals surface area contributed by atoms with Crippen molar-refractivity contribution >= 4 is 12.4 Å². The number of benzene rings is 1. The summed E-state index contributed by atoms with van der Waals surface area (Å²) in [5.41, 5.74) is -1.78. The molecule has 1 nitrogen and oxygen atoms in total. The fourth-order valence-corrected chi connectivity index (χ4v) is 1.68. The van der Waals surface area contributed by atoms with Crippen LogP contribution in [-0.4, -0.2) is 6.98 Å². The summed E-state index contributed by atoms with van der Waals surface area (Å²) in [7, 11) is 0. The van der Waals surface area contributed by atoms with E-state index in [2.05, 4.69) is 0 Å². The maximum atomic E-state index is 13.0. The summed E-state index contributed by atoms with van der Waals surface area (Å²) in [6, 6.07) is 4.80. The van der Waals surface area contributed by atoms with Gasteiger partial charge in [-0.2, -0.15) is 5.26 Å². The van der Waals surface area contributed by atoms with Crippen LogP contribution in [0.25, 0.3) is 0 Å². The summed E-state index contributed by atoms with van der Waals surface area (Å²) >= 11 is 0. The fraction of sp³-hybridized carbons (Fsp3) is 0.300. The Hall–Kier alpha value is -1.51. The van der Waals surface area contributed by atoms with Crippen LogP contribution in [0, 0.1) is 17.1 Å². The number of hydrogen-bond acceptors (Lipinski definition) is 1. The van der Waals surface area contributed by atoms with E-state index in [4.69, 9.17) is 5.26 Å². The summed E-state index contributed by atoms with van der Waals surface area (Å²) in [4.78, 5) is 0. The molecular weight excluding hydrogens is 221 g/mol. The highest BCUT2D eigenvalue weighted by atomic mass is 19.4. The van der Waals surface area contributed by atoms with Crippen molar-refractivity contribution in [3.8, 4) is 6.07 Å². The molecule has 84 valence electrons. The summed E-state index contributed by atoms with van der Waals surface area (Å²) in [5.74, 6) is -1.27. The zero-order valence-electron chi connectivity index (χ0n) is 8.18. The third-order valence-electron chi connectivity index (χ3n) is 2.87. The molecule has 6 heteroatoms. The number of nitriles is 1. The van der Waals surface area contributed by atoms with Crippen LogP contribution >= 0.6 is 0 Å². The Balaban J connectivity index is 2.49. The van der Waals surface area contributed by atoms with Gasteiger partial charge in [-0.15, -0.1) is 0 Å². The number of nitrogens with zero attached hydrogens (tertiary/aromatic N) is 1. The van der Waals surface area contributed by atoms with Crippen molar-refractivity contribution in [3.63, 3.8) is 0 Å². The Kier molecular flexibility index (Phi) is 2.23. The van der Waals surface area contributed by atoms with Crippen LogP contribution in [0.1, 0.15) is 18.4 Å². The monoisotopic (exact) mass is 228 g/mol. The SMILES string of the molecule is N#CC1(c2ccc(F)c([B-](F)(F)F)c2)CC1. The van der Waals surface area contributed by atoms with E-state index < -0.39 is 23.7 Å². The number of rotatable bonds is 2. The second-order valence-electron chi connectivity index (χ2n) is 4.00. The highest BCUT2D eigenvalue weighted by Gasteiger charge is 2.45. The lowest BCUT2D eigenvalue weighted by atomic mass is 9.77. The van der Waals surface area contributed by atoms with Crippen LogP contribution in [-0.2, 0) is 5.41 Å². The number of hydrogen-bond donors (Lipinski definition) is 0. The minimum atomic E-state index is -5.37. The van der Waals surface area contributed by atoms with E-state index in [1.165, 1.54) is 6.07 Å². The molecule has 0 N–H and O–H groups in total. The first kappa shape index (κ1) is 11.0. The first-order valence-electron chi connectivity index (χ1n) is 4.80. The van der Waals surface area contributed by atoms with Crippen LogP contribution in [0.15, 0.2) is 18.2 Å². The molecule has 1 fully saturated rings. The zero-order valence-corrected chi connectivity index (χ0v) is 8.18. The first-order chi connectivity index (χ1) is 7.39. The minimum Gasteiger partial charge on any atom is -0.445 e. The van der Waals surface area contributed by atoms with Crippen molar-refractivity contribution < 1.29 is 17.3 Å². The van der Waals surface area contributed by atoms with Crippen molar-refractivity contribution in [3.05, 3.63) is 29.6 Å². The highest BCUT2D eigenvalue weighted by molar-refractivity contribution is 6.73. The molecule has 0 heterocycles. The van der Waals surface area contributed by atoms with Crippen LogP contribution in [0.4, 0.5) is 17.3 Å². The molecule has 0 saturated heterocycles. The standard InChI is InChI=1S/C10H7BF4N/c12-9-2-1-7(10(6-16)3-4-10)5-8(9)11(13,14)15/h1-2,5H,3-4H2/q-1. The van der Waals surface area contributed by atoms with Crippen molar-refractivity contribution in [1.82, 2.24) is 0 Å². The van der Waals surface area contributed by atoms with Crippen molar-refractivity contribution in [2.75, 3.05) is 0 Å². The third kappa shape index (κ3) is 1.66. The van der Waals surface area contributed by atoms with Gasteiger partial charge in [-0.05, 0) is 24.5 Å². The van der Waals surface area contributed by atoms with E-state index in [-0.39, 0.29) is 5.56 Å². The van der Waals surface area contributed by atoms with E-state index in [0.717, 1.165) is 12.1 Å². The number of halogens is 4. The van der Waals surface area contributed by atoms with E-state index >= 15 is 0 Å². The summed E-state index contributed by atoms with van der Waals surface area (Å²) in [6.07, 6.45) is 1.08. The van der Waals surface area contributed by atoms with Crippen LogP contribution in [0.2, 0.25) is 0 Å². The van der Waals surface area contributed by atoms with Crippen LogP contribution in [0.5, 0.6) is 0 Å². The second kappa shape index (κ2) is 3.24. The molecule has 1 aromatic carbocycles. The van der Waals surface area contributed by atoms with Crippen LogP contribution in [0.3, 0.4) is 0 Å². The van der Waals surface area contributed by atoms with Crippen molar-refractivity contribution in [2.45, 2.75) is 18.3 Å². The molecule has 0 atom stereocenters. The molecule has 1 aromatic rings. The molecule has 1 saturated carbocycles. The Morgan fingerprint density at radius 3 is 2.31 bits per heavy atom. The maximum Gasteiger partial charge on any atom is 0.512 e. The molecule has 1 aliphatic carbocycles. The Morgan fingerprint density at radius 2 is 1.88 bits per heavy atom. The predicted molar refractivity (Wildman–Crippen MR) is 51.6 cm³/mol. The topological polar surface area (TPSA) is 23.8 Å². The lowest BCUT2D eigenvalue weighted by Crippen LogP contribution is -2.37. The van der Waals surface area contributed by atoms with Gasteiger partial charge in [0.05, 0.1) is 17.3 Å². The van der Waals surface area contributed by atoms with Gasteiger partial charge in [0.1, 0.15) is 0 Å². The highest BCUT2D eigenvalue weighted by Crippen LogP contribution is 2.47. The fourth-order valence-electron chi connectivity index (χ4n) is 1.68. The van der Waals surface area contributed by atoms with E-state index in [1.54, 1.807) is 0 Å². The molecule has 2 rings (SSSR count). The molecule has 16 heavy (non-hydrogen) atoms. The molecule has 1 aliphatic rings. The van der Waals surface area contributed by atoms with Crippen molar-refractivity contribution in [2.24, 2.45) is 0 Å². The third-order valence-corrected chi connectivity index (χ3v) is 2.87. The average Bonchev–Trinajstić information content (AvgIpc) is 2.97. The first-order valence-corrected chi connectivity index (χ1v) is 4.80. The smallest absolute Gasteiger partial charge is 0.445 e. The summed E-state index contributed by atoms with van der Waals surface area (Å²) < 4.78 is 50.4. The molecule has 0 aliphatic heterocycles. The van der Waals surface area contributed by atoms with Gasteiger partial charge in [0.15, 0.2) is 0 Å². The van der Waals surface area contributed by atoms with Gasteiger partial charge in [-0.1, -0.05) is 17.6 Å². The normalized spacial score (nSPS) is 17.9. The second-order valence-corrected chi connectivity index (χ2v) is 4.00. The van der Waals surface area contributed by atoms with E-state index in [0.29, 0.717) is 12.8 Å². The molecule has 0 radical (unpaired) electrons. The van der Waals surface area contributed by atoms with E-state index in [9.17, 15) is 17.3 Å². The Morgan fingerprint density at radius 1 is 1.25 bits per heavy atom. The van der Waals surface area contributed by atoms with Gasteiger partial charge >= 0.3 is 6.98 Å². The summed E-state index contributed by atoms with van der Waals surface area (Å²) in [6.45, 7) is -5.37. The maximum absolute atomic E-state index is 13.0. The molecule has 0 aromatic heterocycles. The summed E-state index contributed by atoms with van der Waals surface area (Å²) in [5, 5.41) is 8.85. The molecule has 0 amide bonds. The van der Waals surface area contributed by atoms with Gasteiger partial charge in [-0.25, -0.2) is 4.39 Å². The van der Waals surface area contributed by atoms with E-state index in [1.807, 2.05) is 6.07 Å². The van der Waals surface area contributed by atoms with Crippen molar-refractivity contribution in [1.29, 1.82) is 5.26 Å². The van der Waals surface area contributed by atoms with Gasteiger partial charge < -0.3 is 12.9 Å². The lowest BCUT2D eigenvalue weighted by molar-refractivity contribution is 0.494. The Bertz CT molecular complexity index is 471. The van der Waals surface area contributed by atoms with Gasteiger partial charge in [0.25, 0.3) is 0 Å². The largest absolute Gasteiger partial charge is 0.512 e. The minimum absolute atomic E-state index is 0.269. The Labute approximate surface area is 89.7 Å². The average molecular weight is 228 g/mol. The molecule has 0 spiro atoms. The molecular formula is C10H7BF4N-. The van der Waals surface area contributed by atoms with Gasteiger partial charge in [-0.3, -0.25) is 0 Å².